The summed E-state index contributed by atoms with van der Waals surface area (Å²) in [5, 5.41) is 4.09. The first-order valence-corrected chi connectivity index (χ1v) is 10.4. The number of nitrogens with zero attached hydrogens (tertiary/aromatic N) is 3. The van der Waals surface area contributed by atoms with Crippen molar-refractivity contribution in [2.45, 2.75) is 43.2 Å². The molecule has 27 heavy (non-hydrogen) atoms. The Hall–Kier alpha value is -2.39. The second-order valence-electron chi connectivity index (χ2n) is 7.02. The zero-order valence-electron chi connectivity index (χ0n) is 15.3. The van der Waals surface area contributed by atoms with E-state index in [9.17, 15) is 13.2 Å². The van der Waals surface area contributed by atoms with Gasteiger partial charge in [-0.15, -0.1) is 0 Å². The standard InChI is InChI=1S/C18H22N4O4S/c1-12-10-13-11-14(5-6-16(13)26-12)27(24,25)20-15-4-3-9-22(18(15)23)17-7-8-19-21(17)2/h5-8,11-12,15,20H,3-4,9-10H2,1-2H3/t12-,15-/m1/s1. The van der Waals surface area contributed by atoms with Crippen LogP contribution < -0.4 is 14.4 Å². The average molecular weight is 390 g/mol. The van der Waals surface area contributed by atoms with Gasteiger partial charge in [-0.05, 0) is 43.5 Å². The average Bonchev–Trinajstić information content (AvgIpc) is 3.20. The van der Waals surface area contributed by atoms with Crippen LogP contribution in [0.2, 0.25) is 0 Å². The summed E-state index contributed by atoms with van der Waals surface area (Å²) in [4.78, 5) is 14.6. The second-order valence-corrected chi connectivity index (χ2v) is 8.74. The van der Waals surface area contributed by atoms with Gasteiger partial charge in [0.15, 0.2) is 0 Å². The molecule has 144 valence electrons. The van der Waals surface area contributed by atoms with E-state index in [1.54, 1.807) is 41.0 Å². The first-order valence-electron chi connectivity index (χ1n) is 8.96. The Labute approximate surface area is 158 Å². The van der Waals surface area contributed by atoms with Crippen molar-refractivity contribution in [3.8, 4) is 5.75 Å². The molecule has 1 aromatic carbocycles. The molecule has 0 unspecified atom stereocenters. The number of aromatic nitrogens is 2. The van der Waals surface area contributed by atoms with Crippen LogP contribution in [-0.4, -0.2) is 42.8 Å². The maximum Gasteiger partial charge on any atom is 0.246 e. The number of benzene rings is 1. The molecule has 9 heteroatoms. The Balaban J connectivity index is 1.55. The van der Waals surface area contributed by atoms with Crippen LogP contribution in [0, 0.1) is 0 Å². The third-order valence-electron chi connectivity index (χ3n) is 4.99. The Morgan fingerprint density at radius 1 is 1.30 bits per heavy atom. The zero-order valence-corrected chi connectivity index (χ0v) is 16.1. The maximum absolute atomic E-state index is 12.9. The van der Waals surface area contributed by atoms with E-state index in [0.29, 0.717) is 31.6 Å². The molecule has 3 heterocycles. The Morgan fingerprint density at radius 3 is 2.85 bits per heavy atom. The smallest absolute Gasteiger partial charge is 0.246 e. The van der Waals surface area contributed by atoms with Crippen molar-refractivity contribution in [3.05, 3.63) is 36.0 Å². The van der Waals surface area contributed by atoms with Crippen molar-refractivity contribution in [2.75, 3.05) is 11.4 Å². The van der Waals surface area contributed by atoms with Crippen LogP contribution in [0.3, 0.4) is 0 Å². The van der Waals surface area contributed by atoms with E-state index < -0.39 is 16.1 Å². The molecule has 2 aliphatic heterocycles. The molecule has 0 bridgehead atoms. The van der Waals surface area contributed by atoms with Crippen LogP contribution in [0.25, 0.3) is 0 Å². The Bertz CT molecular complexity index is 985. The zero-order chi connectivity index (χ0) is 19.2. The first-order chi connectivity index (χ1) is 12.8. The number of hydrogen-bond acceptors (Lipinski definition) is 5. The van der Waals surface area contributed by atoms with E-state index in [4.69, 9.17) is 4.74 Å². The molecule has 0 spiro atoms. The van der Waals surface area contributed by atoms with Gasteiger partial charge in [-0.2, -0.15) is 9.82 Å². The van der Waals surface area contributed by atoms with E-state index in [1.165, 1.54) is 6.07 Å². The summed E-state index contributed by atoms with van der Waals surface area (Å²) in [5.74, 6) is 1.12. The van der Waals surface area contributed by atoms with Crippen LogP contribution in [0.15, 0.2) is 35.4 Å². The van der Waals surface area contributed by atoms with E-state index in [1.807, 2.05) is 6.92 Å². The fourth-order valence-corrected chi connectivity index (χ4v) is 4.94. The number of carbonyl (C=O) groups excluding carboxylic acids is 1. The van der Waals surface area contributed by atoms with Gasteiger partial charge < -0.3 is 4.74 Å². The van der Waals surface area contributed by atoms with Crippen LogP contribution >= 0.6 is 0 Å². The largest absolute Gasteiger partial charge is 0.490 e. The van der Waals surface area contributed by atoms with E-state index in [-0.39, 0.29) is 16.9 Å². The van der Waals surface area contributed by atoms with Crippen LogP contribution in [0.4, 0.5) is 5.82 Å². The Kier molecular flexibility index (Phi) is 4.43. The minimum Gasteiger partial charge on any atom is -0.490 e. The topological polar surface area (TPSA) is 93.5 Å². The minimum atomic E-state index is -3.81. The first kappa shape index (κ1) is 18.0. The summed E-state index contributed by atoms with van der Waals surface area (Å²) in [6, 6.07) is 5.79. The summed E-state index contributed by atoms with van der Waals surface area (Å²) in [6.07, 6.45) is 3.51. The molecule has 1 saturated heterocycles. The number of amides is 1. The number of aryl methyl sites for hydroxylation is 1. The van der Waals surface area contributed by atoms with Crippen molar-refractivity contribution >= 4 is 21.7 Å². The van der Waals surface area contributed by atoms with E-state index in [2.05, 4.69) is 9.82 Å². The summed E-state index contributed by atoms with van der Waals surface area (Å²) in [6.45, 7) is 2.49. The molecule has 2 aromatic rings. The highest BCUT2D eigenvalue weighted by molar-refractivity contribution is 7.89. The molecule has 2 aliphatic rings. The SMILES string of the molecule is C[C@@H]1Cc2cc(S(=O)(=O)N[C@@H]3CCCN(c4ccnn4C)C3=O)ccc2O1. The fraction of sp³-hybridized carbons (Fsp3) is 0.444. The number of fused-ring (bicyclic) bond motifs is 1. The van der Waals surface area contributed by atoms with Crippen molar-refractivity contribution in [3.63, 3.8) is 0 Å². The quantitative estimate of drug-likeness (QED) is 0.847. The number of ether oxygens (including phenoxy) is 1. The second kappa shape index (κ2) is 6.65. The lowest BCUT2D eigenvalue weighted by atomic mass is 10.1. The van der Waals surface area contributed by atoms with Crippen molar-refractivity contribution in [2.24, 2.45) is 7.05 Å². The molecule has 2 atom stereocenters. The summed E-state index contributed by atoms with van der Waals surface area (Å²) in [5.41, 5.74) is 0.872. The van der Waals surface area contributed by atoms with Gasteiger partial charge in [-0.3, -0.25) is 14.4 Å². The third-order valence-corrected chi connectivity index (χ3v) is 6.45. The summed E-state index contributed by atoms with van der Waals surface area (Å²) < 4.78 is 35.5. The lowest BCUT2D eigenvalue weighted by molar-refractivity contribution is -0.121. The molecule has 1 amide bonds. The summed E-state index contributed by atoms with van der Waals surface area (Å²) >= 11 is 0. The highest BCUT2D eigenvalue weighted by Gasteiger charge is 2.34. The highest BCUT2D eigenvalue weighted by Crippen LogP contribution is 2.31. The predicted molar refractivity (Wildman–Crippen MR) is 99.1 cm³/mol. The normalized spacial score (nSPS) is 22.6. The van der Waals surface area contributed by atoms with Gasteiger partial charge >= 0.3 is 0 Å². The summed E-state index contributed by atoms with van der Waals surface area (Å²) in [7, 11) is -2.06. The van der Waals surface area contributed by atoms with Crippen molar-refractivity contribution < 1.29 is 17.9 Å². The van der Waals surface area contributed by atoms with Gasteiger partial charge in [-0.1, -0.05) is 0 Å². The number of hydrogen-bond donors (Lipinski definition) is 1. The number of nitrogens with one attached hydrogen (secondary N) is 1. The van der Waals surface area contributed by atoms with Gasteiger partial charge in [0, 0.05) is 26.1 Å². The van der Waals surface area contributed by atoms with Crippen LogP contribution in [0.5, 0.6) is 5.75 Å². The van der Waals surface area contributed by atoms with Gasteiger partial charge in [0.2, 0.25) is 15.9 Å². The fourth-order valence-electron chi connectivity index (χ4n) is 3.66. The molecule has 8 nitrogen and oxygen atoms in total. The van der Waals surface area contributed by atoms with E-state index in [0.717, 1.165) is 11.3 Å². The Morgan fingerprint density at radius 2 is 2.11 bits per heavy atom. The lowest BCUT2D eigenvalue weighted by Gasteiger charge is -2.32. The van der Waals surface area contributed by atoms with Crippen molar-refractivity contribution in [1.82, 2.24) is 14.5 Å². The molecule has 1 fully saturated rings. The number of anilines is 1. The van der Waals surface area contributed by atoms with Crippen LogP contribution in [-0.2, 0) is 28.3 Å². The van der Waals surface area contributed by atoms with Gasteiger partial charge in [-0.25, -0.2) is 8.42 Å². The number of piperidine rings is 1. The van der Waals surface area contributed by atoms with Gasteiger partial charge in [0.25, 0.3) is 0 Å². The molecular weight excluding hydrogens is 368 g/mol. The molecule has 1 aromatic heterocycles. The predicted octanol–water partition coefficient (Wildman–Crippen LogP) is 1.22. The third kappa shape index (κ3) is 3.32. The monoisotopic (exact) mass is 390 g/mol. The molecular formula is C18H22N4O4S. The van der Waals surface area contributed by atoms with Crippen LogP contribution in [0.1, 0.15) is 25.3 Å². The molecule has 4 rings (SSSR count). The molecule has 1 N–H and O–H groups in total. The number of carbonyl (C=O) groups is 1. The van der Waals surface area contributed by atoms with Gasteiger partial charge in [0.05, 0.1) is 11.1 Å². The molecule has 0 saturated carbocycles. The number of sulfonamides is 1. The minimum absolute atomic E-state index is 0.0401. The molecule has 0 aliphatic carbocycles. The van der Waals surface area contributed by atoms with Crippen molar-refractivity contribution in [1.29, 1.82) is 0 Å². The lowest BCUT2D eigenvalue weighted by Crippen LogP contribution is -2.52. The molecule has 0 radical (unpaired) electrons. The van der Waals surface area contributed by atoms with E-state index >= 15 is 0 Å². The number of rotatable bonds is 4. The maximum atomic E-state index is 12.9. The van der Waals surface area contributed by atoms with Gasteiger partial charge in [0.1, 0.15) is 23.7 Å². The highest BCUT2D eigenvalue weighted by atomic mass is 32.2.